The second-order valence-corrected chi connectivity index (χ2v) is 5.21. The molecule has 1 aromatic carbocycles. The second kappa shape index (κ2) is 5.49. The highest BCUT2D eigenvalue weighted by Crippen LogP contribution is 2.28. The summed E-state index contributed by atoms with van der Waals surface area (Å²) in [7, 11) is 0. The van der Waals surface area contributed by atoms with E-state index in [-0.39, 0.29) is 10.7 Å². The van der Waals surface area contributed by atoms with Gasteiger partial charge >= 0.3 is 0 Å². The molecule has 0 amide bonds. The topological polar surface area (TPSA) is 17.1 Å². The Balaban J connectivity index is 2.76. The number of hydrogen-bond donors (Lipinski definition) is 0. The van der Waals surface area contributed by atoms with Crippen LogP contribution in [0.5, 0.6) is 0 Å². The van der Waals surface area contributed by atoms with Crippen LogP contribution in [-0.2, 0) is 16.6 Å². The molecule has 0 N–H and O–H groups in total. The minimum absolute atomic E-state index is 0.0107. The molecule has 0 atom stereocenters. The molecule has 1 nitrogen and oxygen atoms in total. The minimum Gasteiger partial charge on any atom is -0.281 e. The first-order valence-electron chi connectivity index (χ1n) is 5.73. The highest BCUT2D eigenvalue weighted by atomic mass is 35.5. The van der Waals surface area contributed by atoms with E-state index in [9.17, 15) is 4.79 Å². The van der Waals surface area contributed by atoms with Gasteiger partial charge in [-0.25, -0.2) is 0 Å². The van der Waals surface area contributed by atoms with Gasteiger partial charge in [-0.1, -0.05) is 45.0 Å². The Kier molecular flexibility index (Phi) is 4.55. The summed E-state index contributed by atoms with van der Waals surface area (Å²) in [5.74, 6) is 0. The molecule has 0 aromatic heterocycles. The van der Waals surface area contributed by atoms with Crippen molar-refractivity contribution in [2.45, 2.75) is 45.4 Å². The van der Waals surface area contributed by atoms with E-state index >= 15 is 0 Å². The molecule has 0 saturated carbocycles. The number of carbonyl (C=O) groups excluding carboxylic acids is 1. The van der Waals surface area contributed by atoms with E-state index in [0.29, 0.717) is 6.42 Å². The predicted octanol–water partition coefficient (Wildman–Crippen LogP) is 4.07. The molecule has 0 aliphatic heterocycles. The van der Waals surface area contributed by atoms with Crippen LogP contribution in [0.4, 0.5) is 0 Å². The maximum atomic E-state index is 10.8. The Morgan fingerprint density at radius 3 is 2.25 bits per heavy atom. The lowest BCUT2D eigenvalue weighted by Gasteiger charge is -2.24. The summed E-state index contributed by atoms with van der Waals surface area (Å²) in [6.07, 6.45) is 2.28. The lowest BCUT2D eigenvalue weighted by molar-refractivity contribution is -0.112. The maximum absolute atomic E-state index is 10.8. The van der Waals surface area contributed by atoms with Crippen LogP contribution < -0.4 is 0 Å². The Hall–Kier alpha value is -0.820. The molecule has 1 rings (SSSR count). The van der Waals surface area contributed by atoms with Gasteiger partial charge in [-0.05, 0) is 41.0 Å². The molecule has 0 aliphatic carbocycles. The first-order valence-corrected chi connectivity index (χ1v) is 6.11. The molecule has 16 heavy (non-hydrogen) atoms. The average molecular weight is 239 g/mol. The molecule has 0 bridgehead atoms. The zero-order chi connectivity index (χ0) is 12.2. The monoisotopic (exact) mass is 238 g/mol. The minimum atomic E-state index is -0.252. The molecule has 0 heterocycles. The third-order valence-corrected chi connectivity index (χ3v) is 3.28. The molecule has 2 heteroatoms. The molecule has 0 radical (unpaired) electrons. The second-order valence-electron chi connectivity index (χ2n) is 4.79. The van der Waals surface area contributed by atoms with E-state index in [4.69, 9.17) is 11.6 Å². The summed E-state index contributed by atoms with van der Waals surface area (Å²) < 4.78 is 0. The number of aryl methyl sites for hydroxylation is 1. The SMILES string of the molecule is CCc1ccc(C(C)(C)CCC(=O)Cl)cc1. The summed E-state index contributed by atoms with van der Waals surface area (Å²) in [5.41, 5.74) is 2.62. The fraction of sp³-hybridized carbons (Fsp3) is 0.500. The van der Waals surface area contributed by atoms with Crippen molar-refractivity contribution in [3.8, 4) is 0 Å². The van der Waals surface area contributed by atoms with E-state index in [1.165, 1.54) is 11.1 Å². The van der Waals surface area contributed by atoms with Crippen LogP contribution in [0, 0.1) is 0 Å². The van der Waals surface area contributed by atoms with Gasteiger partial charge in [0.25, 0.3) is 0 Å². The molecule has 0 saturated heterocycles. The first kappa shape index (κ1) is 13.2. The van der Waals surface area contributed by atoms with Gasteiger partial charge in [-0.15, -0.1) is 0 Å². The first-order chi connectivity index (χ1) is 7.45. The highest BCUT2D eigenvalue weighted by Gasteiger charge is 2.20. The Labute approximate surface area is 103 Å². The third kappa shape index (κ3) is 3.64. The summed E-state index contributed by atoms with van der Waals surface area (Å²) in [6.45, 7) is 6.44. The predicted molar refractivity (Wildman–Crippen MR) is 68.9 cm³/mol. The number of halogens is 1. The van der Waals surface area contributed by atoms with E-state index < -0.39 is 0 Å². The van der Waals surface area contributed by atoms with Crippen molar-refractivity contribution in [1.29, 1.82) is 0 Å². The van der Waals surface area contributed by atoms with Crippen molar-refractivity contribution in [3.63, 3.8) is 0 Å². The van der Waals surface area contributed by atoms with Crippen LogP contribution in [0.25, 0.3) is 0 Å². The Morgan fingerprint density at radius 1 is 1.25 bits per heavy atom. The van der Waals surface area contributed by atoms with Crippen molar-refractivity contribution >= 4 is 16.8 Å². The lowest BCUT2D eigenvalue weighted by atomic mass is 9.80. The van der Waals surface area contributed by atoms with Gasteiger partial charge < -0.3 is 0 Å². The van der Waals surface area contributed by atoms with Crippen LogP contribution >= 0.6 is 11.6 Å². The molecule has 0 aliphatic rings. The van der Waals surface area contributed by atoms with Crippen LogP contribution in [-0.4, -0.2) is 5.24 Å². The van der Waals surface area contributed by atoms with Crippen molar-refractivity contribution in [1.82, 2.24) is 0 Å². The van der Waals surface area contributed by atoms with Crippen LogP contribution in [0.1, 0.15) is 44.7 Å². The number of hydrogen-bond acceptors (Lipinski definition) is 1. The standard InChI is InChI=1S/C14H19ClO/c1-4-11-5-7-12(8-6-11)14(2,3)10-9-13(15)16/h5-8H,4,9-10H2,1-3H3. The van der Waals surface area contributed by atoms with Gasteiger partial charge in [-0.3, -0.25) is 4.79 Å². The van der Waals surface area contributed by atoms with E-state index in [0.717, 1.165) is 12.8 Å². The van der Waals surface area contributed by atoms with Crippen LogP contribution in [0.15, 0.2) is 24.3 Å². The molecule has 0 fully saturated rings. The number of rotatable bonds is 5. The molecular weight excluding hydrogens is 220 g/mol. The molecular formula is C14H19ClO. The largest absolute Gasteiger partial charge is 0.281 e. The van der Waals surface area contributed by atoms with Crippen molar-refractivity contribution < 1.29 is 4.79 Å². The van der Waals surface area contributed by atoms with Crippen molar-refractivity contribution in [3.05, 3.63) is 35.4 Å². The molecule has 1 aromatic rings. The third-order valence-electron chi connectivity index (χ3n) is 3.09. The molecule has 0 spiro atoms. The molecule has 88 valence electrons. The summed E-state index contributed by atoms with van der Waals surface area (Å²) in [4.78, 5) is 10.8. The van der Waals surface area contributed by atoms with Crippen LogP contribution in [0.2, 0.25) is 0 Å². The zero-order valence-electron chi connectivity index (χ0n) is 10.2. The van der Waals surface area contributed by atoms with Gasteiger partial charge in [0, 0.05) is 6.42 Å². The van der Waals surface area contributed by atoms with Gasteiger partial charge in [0.05, 0.1) is 0 Å². The van der Waals surface area contributed by atoms with E-state index in [2.05, 4.69) is 45.0 Å². The summed E-state index contributed by atoms with van der Waals surface area (Å²) in [6, 6.07) is 8.61. The van der Waals surface area contributed by atoms with Gasteiger partial charge in [-0.2, -0.15) is 0 Å². The summed E-state index contributed by atoms with van der Waals surface area (Å²) in [5, 5.41) is -0.252. The van der Waals surface area contributed by atoms with Crippen molar-refractivity contribution in [2.24, 2.45) is 0 Å². The quantitative estimate of drug-likeness (QED) is 0.707. The highest BCUT2D eigenvalue weighted by molar-refractivity contribution is 6.63. The Morgan fingerprint density at radius 2 is 1.81 bits per heavy atom. The maximum Gasteiger partial charge on any atom is 0.221 e. The zero-order valence-corrected chi connectivity index (χ0v) is 11.0. The average Bonchev–Trinajstić information content (AvgIpc) is 2.27. The number of benzene rings is 1. The lowest BCUT2D eigenvalue weighted by Crippen LogP contribution is -2.17. The van der Waals surface area contributed by atoms with Crippen molar-refractivity contribution in [2.75, 3.05) is 0 Å². The smallest absolute Gasteiger partial charge is 0.221 e. The van der Waals surface area contributed by atoms with E-state index in [1.807, 2.05) is 0 Å². The van der Waals surface area contributed by atoms with Crippen LogP contribution in [0.3, 0.4) is 0 Å². The van der Waals surface area contributed by atoms with Gasteiger partial charge in [0.2, 0.25) is 5.24 Å². The fourth-order valence-electron chi connectivity index (χ4n) is 1.75. The van der Waals surface area contributed by atoms with Gasteiger partial charge in [0.1, 0.15) is 0 Å². The van der Waals surface area contributed by atoms with E-state index in [1.54, 1.807) is 0 Å². The fourth-order valence-corrected chi connectivity index (χ4v) is 1.84. The van der Waals surface area contributed by atoms with Gasteiger partial charge in [0.15, 0.2) is 0 Å². The molecule has 0 unspecified atom stereocenters. The number of carbonyl (C=O) groups is 1. The normalized spacial score (nSPS) is 11.5. The summed E-state index contributed by atoms with van der Waals surface area (Å²) >= 11 is 5.38. The Bertz CT molecular complexity index is 352.